The highest BCUT2D eigenvalue weighted by atomic mass is 32.2. The van der Waals surface area contributed by atoms with Crippen molar-refractivity contribution in [1.82, 2.24) is 0 Å². The quantitative estimate of drug-likeness (QED) is 0.890. The Morgan fingerprint density at radius 1 is 1.42 bits per heavy atom. The summed E-state index contributed by atoms with van der Waals surface area (Å²) >= 11 is 0. The normalized spacial score (nSPS) is 12.7. The molecule has 0 spiro atoms. The molecule has 102 valence electrons. The first-order chi connectivity index (χ1) is 8.88. The number of rotatable bonds is 5. The van der Waals surface area contributed by atoms with Crippen molar-refractivity contribution in [2.24, 2.45) is 0 Å². The lowest BCUT2D eigenvalue weighted by Crippen LogP contribution is -2.19. The maximum Gasteiger partial charge on any atom is 0.336 e. The zero-order valence-electron chi connectivity index (χ0n) is 10.8. The van der Waals surface area contributed by atoms with Crippen LogP contribution in [0.15, 0.2) is 23.1 Å². The van der Waals surface area contributed by atoms with Crippen molar-refractivity contribution in [2.45, 2.75) is 36.8 Å². The minimum absolute atomic E-state index is 0.0311. The van der Waals surface area contributed by atoms with Gasteiger partial charge in [-0.2, -0.15) is 5.26 Å². The molecule has 0 aromatic heterocycles. The van der Waals surface area contributed by atoms with Gasteiger partial charge in [-0.15, -0.1) is 0 Å². The summed E-state index contributed by atoms with van der Waals surface area (Å²) in [5, 5.41) is 16.8. The van der Waals surface area contributed by atoms with E-state index in [0.29, 0.717) is 12.0 Å². The predicted octanol–water partition coefficient (Wildman–Crippen LogP) is 2.02. The van der Waals surface area contributed by atoms with Crippen LogP contribution in [0, 0.1) is 11.3 Å². The van der Waals surface area contributed by atoms with Crippen molar-refractivity contribution in [1.29, 1.82) is 5.26 Å². The van der Waals surface area contributed by atoms with Gasteiger partial charge in [-0.3, -0.25) is 0 Å². The molecule has 6 heteroatoms. The van der Waals surface area contributed by atoms with E-state index >= 15 is 0 Å². The lowest BCUT2D eigenvalue weighted by Gasteiger charge is -2.11. The summed E-state index contributed by atoms with van der Waals surface area (Å²) in [6, 6.07) is 5.72. The molecule has 0 bridgehead atoms. The molecule has 1 N–H and O–H groups in total. The van der Waals surface area contributed by atoms with Crippen molar-refractivity contribution >= 4 is 15.8 Å². The molecule has 5 nitrogen and oxygen atoms in total. The molecule has 0 aliphatic rings. The van der Waals surface area contributed by atoms with Crippen LogP contribution in [0.4, 0.5) is 0 Å². The fourth-order valence-corrected chi connectivity index (χ4v) is 3.23. The van der Waals surface area contributed by atoms with Gasteiger partial charge in [0, 0.05) is 0 Å². The van der Waals surface area contributed by atoms with Gasteiger partial charge in [-0.05, 0) is 30.5 Å². The molecule has 0 radical (unpaired) electrons. The third-order valence-electron chi connectivity index (χ3n) is 2.91. The second kappa shape index (κ2) is 5.85. The number of carbonyl (C=O) groups is 1. The van der Waals surface area contributed by atoms with E-state index in [0.717, 1.165) is 6.07 Å². The molecule has 19 heavy (non-hydrogen) atoms. The van der Waals surface area contributed by atoms with E-state index in [1.54, 1.807) is 19.9 Å². The number of hydrogen-bond donors (Lipinski definition) is 1. The fraction of sp³-hybridized carbons (Fsp3) is 0.385. The zero-order valence-corrected chi connectivity index (χ0v) is 11.6. The van der Waals surface area contributed by atoms with Crippen molar-refractivity contribution in [3.05, 3.63) is 29.3 Å². The van der Waals surface area contributed by atoms with Crippen LogP contribution < -0.4 is 0 Å². The molecule has 0 saturated heterocycles. The predicted molar refractivity (Wildman–Crippen MR) is 69.7 cm³/mol. The Bertz CT molecular complexity index is 629. The van der Waals surface area contributed by atoms with Crippen LogP contribution in [-0.2, 0) is 16.3 Å². The molecule has 0 aliphatic carbocycles. The van der Waals surface area contributed by atoms with Gasteiger partial charge in [0.1, 0.15) is 0 Å². The second-order valence-electron chi connectivity index (χ2n) is 4.05. The summed E-state index contributed by atoms with van der Waals surface area (Å²) in [5.41, 5.74) is 0.535. The van der Waals surface area contributed by atoms with Gasteiger partial charge in [-0.25, -0.2) is 13.2 Å². The van der Waals surface area contributed by atoms with E-state index in [9.17, 15) is 13.2 Å². The van der Waals surface area contributed by atoms with E-state index < -0.39 is 21.1 Å². The van der Waals surface area contributed by atoms with Crippen LogP contribution in [0.5, 0.6) is 0 Å². The molecular formula is C13H15NO4S. The smallest absolute Gasteiger partial charge is 0.336 e. The van der Waals surface area contributed by atoms with Gasteiger partial charge in [0.25, 0.3) is 0 Å². The van der Waals surface area contributed by atoms with Crippen LogP contribution in [0.3, 0.4) is 0 Å². The Kier molecular flexibility index (Phi) is 4.67. The molecule has 0 saturated carbocycles. The average molecular weight is 281 g/mol. The van der Waals surface area contributed by atoms with Crippen LogP contribution in [0.1, 0.15) is 36.2 Å². The number of aryl methyl sites for hydroxylation is 1. The van der Waals surface area contributed by atoms with E-state index in [1.165, 1.54) is 12.1 Å². The van der Waals surface area contributed by atoms with Crippen molar-refractivity contribution in [3.63, 3.8) is 0 Å². The van der Waals surface area contributed by atoms with E-state index in [4.69, 9.17) is 10.4 Å². The van der Waals surface area contributed by atoms with Gasteiger partial charge in [0.2, 0.25) is 0 Å². The number of aromatic carboxylic acids is 1. The average Bonchev–Trinajstić information content (AvgIpc) is 2.38. The molecule has 1 aromatic rings. The molecular weight excluding hydrogens is 266 g/mol. The van der Waals surface area contributed by atoms with E-state index in [1.807, 2.05) is 0 Å². The molecule has 0 fully saturated rings. The molecule has 0 heterocycles. The monoisotopic (exact) mass is 281 g/mol. The summed E-state index contributed by atoms with van der Waals surface area (Å²) in [7, 11) is -3.81. The van der Waals surface area contributed by atoms with Crippen molar-refractivity contribution in [2.75, 3.05) is 0 Å². The van der Waals surface area contributed by atoms with Gasteiger partial charge in [0.15, 0.2) is 15.1 Å². The molecule has 1 aromatic carbocycles. The van der Waals surface area contributed by atoms with Crippen LogP contribution >= 0.6 is 0 Å². The third-order valence-corrected chi connectivity index (χ3v) is 5.01. The van der Waals surface area contributed by atoms with Gasteiger partial charge >= 0.3 is 5.97 Å². The van der Waals surface area contributed by atoms with Crippen LogP contribution in [0.25, 0.3) is 0 Å². The summed E-state index contributed by atoms with van der Waals surface area (Å²) < 4.78 is 24.3. The first kappa shape index (κ1) is 15.2. The Hall–Kier alpha value is -1.87. The number of benzene rings is 1. The molecule has 0 amide bonds. The SMILES string of the molecule is CCc1ccc(S(=O)(=O)C(C#N)CC)cc1C(=O)O. The summed E-state index contributed by atoms with van der Waals surface area (Å²) in [4.78, 5) is 11.0. The van der Waals surface area contributed by atoms with Crippen LogP contribution in [0.2, 0.25) is 0 Å². The molecule has 1 unspecified atom stereocenters. The first-order valence-corrected chi connectivity index (χ1v) is 7.42. The van der Waals surface area contributed by atoms with Crippen molar-refractivity contribution < 1.29 is 18.3 Å². The minimum atomic E-state index is -3.81. The second-order valence-corrected chi connectivity index (χ2v) is 6.18. The summed E-state index contributed by atoms with van der Waals surface area (Å²) in [6.07, 6.45) is 0.661. The Labute approximate surface area is 112 Å². The minimum Gasteiger partial charge on any atom is -0.478 e. The highest BCUT2D eigenvalue weighted by Crippen LogP contribution is 2.22. The lowest BCUT2D eigenvalue weighted by molar-refractivity contribution is 0.0695. The van der Waals surface area contributed by atoms with Crippen molar-refractivity contribution in [3.8, 4) is 6.07 Å². The number of sulfone groups is 1. The largest absolute Gasteiger partial charge is 0.478 e. The maximum atomic E-state index is 12.2. The summed E-state index contributed by atoms with van der Waals surface area (Å²) in [6.45, 7) is 3.39. The number of carboxylic acids is 1. The fourth-order valence-electron chi connectivity index (χ4n) is 1.78. The summed E-state index contributed by atoms with van der Waals surface area (Å²) in [5.74, 6) is -1.17. The maximum absolute atomic E-state index is 12.2. The molecule has 1 rings (SSSR count). The van der Waals surface area contributed by atoms with E-state index in [2.05, 4.69) is 0 Å². The third kappa shape index (κ3) is 2.93. The zero-order chi connectivity index (χ0) is 14.6. The molecule has 1 atom stereocenters. The number of nitrogens with zero attached hydrogens (tertiary/aromatic N) is 1. The van der Waals surface area contributed by atoms with Gasteiger partial charge in [-0.1, -0.05) is 19.9 Å². The number of hydrogen-bond acceptors (Lipinski definition) is 4. The standard InChI is InChI=1S/C13H15NO4S/c1-3-9-5-6-11(7-12(9)13(15)16)19(17,18)10(4-2)8-14/h5-7,10H,3-4H2,1-2H3,(H,15,16). The Balaban J connectivity index is 3.42. The Morgan fingerprint density at radius 3 is 2.47 bits per heavy atom. The topological polar surface area (TPSA) is 95.2 Å². The number of carboxylic acid groups (broad SMARTS) is 1. The number of nitriles is 1. The van der Waals surface area contributed by atoms with Crippen LogP contribution in [-0.4, -0.2) is 24.7 Å². The lowest BCUT2D eigenvalue weighted by atomic mass is 10.1. The Morgan fingerprint density at radius 2 is 2.05 bits per heavy atom. The van der Waals surface area contributed by atoms with Gasteiger partial charge in [0.05, 0.1) is 16.5 Å². The molecule has 0 aliphatic heterocycles. The highest BCUT2D eigenvalue weighted by Gasteiger charge is 2.27. The van der Waals surface area contributed by atoms with E-state index in [-0.39, 0.29) is 16.9 Å². The van der Waals surface area contributed by atoms with Gasteiger partial charge < -0.3 is 5.11 Å². The highest BCUT2D eigenvalue weighted by molar-refractivity contribution is 7.92. The first-order valence-electron chi connectivity index (χ1n) is 5.88.